The fraction of sp³-hybridized carbons (Fsp3) is 0.316. The van der Waals surface area contributed by atoms with E-state index in [1.165, 1.54) is 6.42 Å². The van der Waals surface area contributed by atoms with Crippen LogP contribution in [0.25, 0.3) is 11.6 Å². The molecule has 0 aliphatic heterocycles. The Morgan fingerprint density at radius 1 is 1.35 bits per heavy atom. The lowest BCUT2D eigenvalue weighted by atomic mass is 9.85. The van der Waals surface area contributed by atoms with Crippen molar-refractivity contribution in [2.45, 2.75) is 38.6 Å². The lowest BCUT2D eigenvalue weighted by Crippen LogP contribution is -2.19. The summed E-state index contributed by atoms with van der Waals surface area (Å²) >= 11 is 3.48. The highest BCUT2D eigenvalue weighted by molar-refractivity contribution is 9.10. The molecular weight excluding hydrogens is 396 g/mol. The van der Waals surface area contributed by atoms with Gasteiger partial charge in [-0.15, -0.1) is 10.2 Å². The Balaban J connectivity index is 1.48. The van der Waals surface area contributed by atoms with E-state index in [0.717, 1.165) is 34.3 Å². The van der Waals surface area contributed by atoms with E-state index >= 15 is 0 Å². The minimum absolute atomic E-state index is 0.120. The summed E-state index contributed by atoms with van der Waals surface area (Å²) in [5, 5.41) is 11.2. The van der Waals surface area contributed by atoms with Crippen molar-refractivity contribution in [1.82, 2.24) is 14.8 Å². The number of aryl methyl sites for hydroxylation is 1. The van der Waals surface area contributed by atoms with Crippen molar-refractivity contribution in [3.05, 3.63) is 52.5 Å². The van der Waals surface area contributed by atoms with Crippen molar-refractivity contribution < 1.29 is 9.21 Å². The lowest BCUT2D eigenvalue weighted by Gasteiger charge is -2.20. The highest BCUT2D eigenvalue weighted by Crippen LogP contribution is 2.36. The van der Waals surface area contributed by atoms with Gasteiger partial charge in [0.15, 0.2) is 0 Å². The Morgan fingerprint density at radius 3 is 2.92 bits per heavy atom. The summed E-state index contributed by atoms with van der Waals surface area (Å²) in [4.78, 5) is 12.4. The van der Waals surface area contributed by atoms with Crippen LogP contribution in [0.1, 0.15) is 36.6 Å². The molecule has 1 aliphatic rings. The smallest absolute Gasteiger partial charge is 0.264 e. The second-order valence-electron chi connectivity index (χ2n) is 6.63. The Bertz CT molecular complexity index is 943. The molecule has 134 valence electrons. The van der Waals surface area contributed by atoms with Gasteiger partial charge in [0.25, 0.3) is 5.89 Å². The van der Waals surface area contributed by atoms with Crippen molar-refractivity contribution >= 4 is 27.5 Å². The number of rotatable bonds is 5. The minimum Gasteiger partial charge on any atom is -0.419 e. The molecule has 0 radical (unpaired) electrons. The quantitative estimate of drug-likeness (QED) is 0.665. The maximum atomic E-state index is 12.4. The Labute approximate surface area is 159 Å². The fourth-order valence-electron chi connectivity index (χ4n) is 2.97. The summed E-state index contributed by atoms with van der Waals surface area (Å²) in [6, 6.07) is 9.57. The average Bonchev–Trinajstić information content (AvgIpc) is 3.18. The van der Waals surface area contributed by atoms with Crippen molar-refractivity contribution in [3.63, 3.8) is 0 Å². The summed E-state index contributed by atoms with van der Waals surface area (Å²) < 4.78 is 8.50. The molecule has 2 aromatic heterocycles. The zero-order valence-corrected chi connectivity index (χ0v) is 16.0. The molecule has 1 saturated carbocycles. The molecule has 3 aromatic rings. The number of hydrogen-bond donors (Lipinski definition) is 1. The van der Waals surface area contributed by atoms with Gasteiger partial charge < -0.3 is 14.3 Å². The summed E-state index contributed by atoms with van der Waals surface area (Å²) in [6.45, 7) is 2.18. The highest BCUT2D eigenvalue weighted by atomic mass is 79.9. The van der Waals surface area contributed by atoms with Gasteiger partial charge in [-0.25, -0.2) is 0 Å². The molecule has 7 heteroatoms. The number of nitrogens with one attached hydrogen (secondary N) is 1. The van der Waals surface area contributed by atoms with Gasteiger partial charge in [0.1, 0.15) is 12.2 Å². The minimum atomic E-state index is -0.120. The van der Waals surface area contributed by atoms with Crippen molar-refractivity contribution in [2.24, 2.45) is 0 Å². The van der Waals surface area contributed by atoms with Gasteiger partial charge in [-0.2, -0.15) is 0 Å². The van der Waals surface area contributed by atoms with Crippen LogP contribution in [0.4, 0.5) is 5.69 Å². The van der Waals surface area contributed by atoms with Gasteiger partial charge in [0, 0.05) is 16.6 Å². The van der Waals surface area contributed by atoms with Gasteiger partial charge in [-0.05, 0) is 65.5 Å². The summed E-state index contributed by atoms with van der Waals surface area (Å²) in [5.41, 5.74) is 2.63. The van der Waals surface area contributed by atoms with Crippen LogP contribution in [0.2, 0.25) is 0 Å². The maximum absolute atomic E-state index is 12.4. The van der Waals surface area contributed by atoms with Gasteiger partial charge in [-0.3, -0.25) is 4.79 Å². The SMILES string of the molecule is Cc1ccc(NC(=O)Cn2cccc2-c2nnc(C3CCC3)o2)c(Br)c1. The van der Waals surface area contributed by atoms with Crippen molar-refractivity contribution in [3.8, 4) is 11.6 Å². The molecule has 1 aliphatic carbocycles. The summed E-state index contributed by atoms with van der Waals surface area (Å²) in [6.07, 6.45) is 5.27. The second-order valence-corrected chi connectivity index (χ2v) is 7.48. The zero-order valence-electron chi connectivity index (χ0n) is 14.4. The fourth-order valence-corrected chi connectivity index (χ4v) is 3.56. The van der Waals surface area contributed by atoms with E-state index in [4.69, 9.17) is 4.42 Å². The van der Waals surface area contributed by atoms with E-state index in [-0.39, 0.29) is 12.5 Å². The van der Waals surface area contributed by atoms with E-state index in [1.54, 1.807) is 0 Å². The van der Waals surface area contributed by atoms with E-state index in [0.29, 0.717) is 17.7 Å². The van der Waals surface area contributed by atoms with Crippen LogP contribution >= 0.6 is 15.9 Å². The molecule has 1 N–H and O–H groups in total. The summed E-state index contributed by atoms with van der Waals surface area (Å²) in [7, 11) is 0. The van der Waals surface area contributed by atoms with Crippen LogP contribution in [0.5, 0.6) is 0 Å². The predicted molar refractivity (Wildman–Crippen MR) is 102 cm³/mol. The van der Waals surface area contributed by atoms with E-state index in [9.17, 15) is 4.79 Å². The van der Waals surface area contributed by atoms with Gasteiger partial charge >= 0.3 is 0 Å². The van der Waals surface area contributed by atoms with Crippen LogP contribution in [-0.2, 0) is 11.3 Å². The number of carbonyl (C=O) groups excluding carboxylic acids is 1. The monoisotopic (exact) mass is 414 g/mol. The molecule has 6 nitrogen and oxygen atoms in total. The number of anilines is 1. The predicted octanol–water partition coefficient (Wildman–Crippen LogP) is 4.52. The molecule has 0 atom stereocenters. The molecule has 26 heavy (non-hydrogen) atoms. The Hall–Kier alpha value is -2.41. The average molecular weight is 415 g/mol. The third-order valence-corrected chi connectivity index (χ3v) is 5.31. The van der Waals surface area contributed by atoms with Crippen LogP contribution in [0.15, 0.2) is 45.4 Å². The zero-order chi connectivity index (χ0) is 18.1. The number of benzene rings is 1. The first-order valence-corrected chi connectivity index (χ1v) is 9.44. The Morgan fingerprint density at radius 2 is 2.19 bits per heavy atom. The second kappa shape index (κ2) is 7.07. The molecule has 0 saturated heterocycles. The molecule has 2 heterocycles. The third kappa shape index (κ3) is 3.44. The van der Waals surface area contributed by atoms with Gasteiger partial charge in [0.2, 0.25) is 11.8 Å². The molecule has 0 bridgehead atoms. The van der Waals surface area contributed by atoms with Crippen LogP contribution in [0, 0.1) is 6.92 Å². The Kier molecular flexibility index (Phi) is 4.63. The molecule has 0 spiro atoms. The molecule has 1 fully saturated rings. The van der Waals surface area contributed by atoms with Gasteiger partial charge in [-0.1, -0.05) is 12.5 Å². The molecule has 1 aromatic carbocycles. The van der Waals surface area contributed by atoms with Crippen LogP contribution in [0.3, 0.4) is 0 Å². The summed E-state index contributed by atoms with van der Waals surface area (Å²) in [5.74, 6) is 1.43. The highest BCUT2D eigenvalue weighted by Gasteiger charge is 2.26. The number of nitrogens with zero attached hydrogens (tertiary/aromatic N) is 3. The van der Waals surface area contributed by atoms with Gasteiger partial charge in [0.05, 0.1) is 5.69 Å². The van der Waals surface area contributed by atoms with Crippen LogP contribution in [-0.4, -0.2) is 20.7 Å². The van der Waals surface area contributed by atoms with E-state index in [1.807, 2.05) is 48.0 Å². The maximum Gasteiger partial charge on any atom is 0.264 e. The molecule has 1 amide bonds. The molecule has 4 rings (SSSR count). The van der Waals surface area contributed by atoms with Crippen molar-refractivity contribution in [2.75, 3.05) is 5.32 Å². The van der Waals surface area contributed by atoms with Crippen molar-refractivity contribution in [1.29, 1.82) is 0 Å². The largest absolute Gasteiger partial charge is 0.419 e. The first kappa shape index (κ1) is 17.0. The number of amides is 1. The molecular formula is C19H19BrN4O2. The number of halogens is 1. The van der Waals surface area contributed by atoms with E-state index < -0.39 is 0 Å². The topological polar surface area (TPSA) is 73.0 Å². The first-order valence-electron chi connectivity index (χ1n) is 8.65. The van der Waals surface area contributed by atoms with E-state index in [2.05, 4.69) is 31.4 Å². The number of carbonyl (C=O) groups is 1. The molecule has 0 unspecified atom stereocenters. The number of aromatic nitrogens is 3. The third-order valence-electron chi connectivity index (χ3n) is 4.66. The normalized spacial score (nSPS) is 14.2. The standard InChI is InChI=1S/C19H19BrN4O2/c1-12-7-8-15(14(20)10-12)21-17(25)11-24-9-3-6-16(24)19-23-22-18(26-19)13-4-2-5-13/h3,6-10,13H,2,4-5,11H2,1H3,(H,21,25). The lowest BCUT2D eigenvalue weighted by molar-refractivity contribution is -0.116. The van der Waals surface area contributed by atoms with Crippen LogP contribution < -0.4 is 5.32 Å². The first-order chi connectivity index (χ1) is 12.6. The number of hydrogen-bond acceptors (Lipinski definition) is 4.